The first-order valence-electron chi connectivity index (χ1n) is 9.45. The van der Waals surface area contributed by atoms with Crippen LogP contribution in [0.3, 0.4) is 0 Å². The van der Waals surface area contributed by atoms with Crippen molar-refractivity contribution in [3.63, 3.8) is 0 Å². The Bertz CT molecular complexity index is 938. The summed E-state index contributed by atoms with van der Waals surface area (Å²) in [5, 5.41) is 3.30. The number of aryl methyl sites for hydroxylation is 2. The van der Waals surface area contributed by atoms with Gasteiger partial charge in [0.2, 0.25) is 0 Å². The summed E-state index contributed by atoms with van der Waals surface area (Å²) in [4.78, 5) is 27.2. The zero-order valence-electron chi connectivity index (χ0n) is 17.3. The summed E-state index contributed by atoms with van der Waals surface area (Å²) in [6.07, 6.45) is 0. The van der Waals surface area contributed by atoms with Gasteiger partial charge in [0.1, 0.15) is 5.54 Å². The average molecular weight is 399 g/mol. The second kappa shape index (κ2) is 6.93. The largest absolute Gasteiger partial charge is 0.325 e. The van der Waals surface area contributed by atoms with Crippen molar-refractivity contribution in [1.29, 1.82) is 0 Å². The number of hydrogen-bond donors (Lipinski definition) is 1. The van der Waals surface area contributed by atoms with Crippen molar-refractivity contribution in [3.05, 3.63) is 69.2 Å². The molecule has 0 aromatic heterocycles. The molecule has 0 aliphatic carbocycles. The first-order chi connectivity index (χ1) is 12.9. The van der Waals surface area contributed by atoms with Gasteiger partial charge in [-0.25, -0.2) is 4.79 Å². The summed E-state index contributed by atoms with van der Waals surface area (Å²) in [5.74, 6) is -0.288. The number of carbonyl (C=O) groups excluding carboxylic acids is 2. The van der Waals surface area contributed by atoms with E-state index in [1.165, 1.54) is 10.5 Å². The Morgan fingerprint density at radius 2 is 1.64 bits per heavy atom. The average Bonchev–Trinajstić information content (AvgIpc) is 2.80. The molecule has 1 aliphatic rings. The van der Waals surface area contributed by atoms with E-state index in [2.05, 4.69) is 38.2 Å². The molecule has 148 valence electrons. The zero-order chi connectivity index (χ0) is 20.9. The van der Waals surface area contributed by atoms with Gasteiger partial charge in [-0.05, 0) is 54.5 Å². The van der Waals surface area contributed by atoms with Crippen LogP contribution in [0.1, 0.15) is 55.5 Å². The smallest absolute Gasteiger partial charge is 0.319 e. The van der Waals surface area contributed by atoms with Crippen LogP contribution in [0.15, 0.2) is 36.4 Å². The minimum Gasteiger partial charge on any atom is -0.319 e. The molecule has 3 rings (SSSR count). The fourth-order valence-corrected chi connectivity index (χ4v) is 4.05. The molecule has 0 spiro atoms. The van der Waals surface area contributed by atoms with Crippen LogP contribution in [0.5, 0.6) is 0 Å². The topological polar surface area (TPSA) is 49.4 Å². The van der Waals surface area contributed by atoms with Crippen molar-refractivity contribution >= 4 is 23.5 Å². The molecule has 1 fully saturated rings. The van der Waals surface area contributed by atoms with E-state index in [1.54, 1.807) is 25.1 Å². The van der Waals surface area contributed by atoms with Crippen molar-refractivity contribution in [2.75, 3.05) is 0 Å². The number of carbonyl (C=O) groups is 2. The summed E-state index contributed by atoms with van der Waals surface area (Å²) in [7, 11) is 0. The summed E-state index contributed by atoms with van der Waals surface area (Å²) in [6, 6.07) is 11.0. The third-order valence-corrected chi connectivity index (χ3v) is 5.90. The van der Waals surface area contributed by atoms with Gasteiger partial charge in [-0.1, -0.05) is 62.7 Å². The lowest BCUT2D eigenvalue weighted by atomic mass is 9.83. The van der Waals surface area contributed by atoms with Crippen LogP contribution in [0.2, 0.25) is 5.02 Å². The molecule has 1 heterocycles. The lowest BCUT2D eigenvalue weighted by molar-refractivity contribution is -0.131. The molecule has 1 unspecified atom stereocenters. The van der Waals surface area contributed by atoms with Crippen LogP contribution in [-0.2, 0) is 22.3 Å². The molecule has 2 aromatic carbocycles. The molecule has 28 heavy (non-hydrogen) atoms. The van der Waals surface area contributed by atoms with E-state index in [9.17, 15) is 9.59 Å². The molecule has 1 N–H and O–H groups in total. The van der Waals surface area contributed by atoms with Crippen LogP contribution < -0.4 is 5.32 Å². The fraction of sp³-hybridized carbons (Fsp3) is 0.391. The van der Waals surface area contributed by atoms with E-state index < -0.39 is 11.6 Å². The molecule has 0 radical (unpaired) electrons. The van der Waals surface area contributed by atoms with Gasteiger partial charge in [-0.2, -0.15) is 0 Å². The van der Waals surface area contributed by atoms with Gasteiger partial charge in [-0.3, -0.25) is 9.69 Å². The lowest BCUT2D eigenvalue weighted by Gasteiger charge is -2.25. The first kappa shape index (κ1) is 20.4. The maximum Gasteiger partial charge on any atom is 0.325 e. The van der Waals surface area contributed by atoms with Crippen molar-refractivity contribution < 1.29 is 9.59 Å². The standard InChI is InChI=1S/C23H27ClN2O2/c1-14-11-16(22(3,4)5)12-15(2)17(14)13-26-20(27)23(6,25-21(26)28)18-9-7-8-10-19(18)24/h7-12H,13H2,1-6H3,(H,25,28). The molecule has 1 atom stereocenters. The van der Waals surface area contributed by atoms with Crippen LogP contribution in [0.4, 0.5) is 4.79 Å². The van der Waals surface area contributed by atoms with E-state index in [1.807, 2.05) is 19.9 Å². The summed E-state index contributed by atoms with van der Waals surface area (Å²) in [6.45, 7) is 12.5. The highest BCUT2D eigenvalue weighted by atomic mass is 35.5. The highest BCUT2D eigenvalue weighted by molar-refractivity contribution is 6.32. The molecule has 1 aliphatic heterocycles. The van der Waals surface area contributed by atoms with Crippen molar-refractivity contribution in [3.8, 4) is 0 Å². The maximum absolute atomic E-state index is 13.2. The quantitative estimate of drug-likeness (QED) is 0.720. The normalized spacial score (nSPS) is 19.9. The Morgan fingerprint density at radius 1 is 1.07 bits per heavy atom. The molecular weight excluding hydrogens is 372 g/mol. The van der Waals surface area contributed by atoms with Crippen LogP contribution in [-0.4, -0.2) is 16.8 Å². The molecule has 0 saturated carbocycles. The van der Waals surface area contributed by atoms with Crippen LogP contribution in [0.25, 0.3) is 0 Å². The minimum absolute atomic E-state index is 0.0392. The summed E-state index contributed by atoms with van der Waals surface area (Å²) >= 11 is 6.30. The highest BCUT2D eigenvalue weighted by Gasteiger charge is 2.49. The predicted molar refractivity (Wildman–Crippen MR) is 113 cm³/mol. The van der Waals surface area contributed by atoms with Crippen LogP contribution in [0, 0.1) is 13.8 Å². The van der Waals surface area contributed by atoms with E-state index in [-0.39, 0.29) is 17.9 Å². The van der Waals surface area contributed by atoms with E-state index in [0.29, 0.717) is 10.6 Å². The van der Waals surface area contributed by atoms with E-state index in [4.69, 9.17) is 11.6 Å². The van der Waals surface area contributed by atoms with Gasteiger partial charge in [0.25, 0.3) is 5.91 Å². The van der Waals surface area contributed by atoms with Gasteiger partial charge >= 0.3 is 6.03 Å². The zero-order valence-corrected chi connectivity index (χ0v) is 18.1. The monoisotopic (exact) mass is 398 g/mol. The molecule has 3 amide bonds. The molecule has 2 aromatic rings. The predicted octanol–water partition coefficient (Wildman–Crippen LogP) is 5.22. The van der Waals surface area contributed by atoms with Gasteiger partial charge in [0, 0.05) is 10.6 Å². The van der Waals surface area contributed by atoms with Gasteiger partial charge in [0.15, 0.2) is 0 Å². The molecule has 5 heteroatoms. The highest BCUT2D eigenvalue weighted by Crippen LogP contribution is 2.35. The Morgan fingerprint density at radius 3 is 2.18 bits per heavy atom. The third-order valence-electron chi connectivity index (χ3n) is 5.57. The van der Waals surface area contributed by atoms with Crippen LogP contribution >= 0.6 is 11.6 Å². The number of urea groups is 1. The number of benzene rings is 2. The number of hydrogen-bond acceptors (Lipinski definition) is 2. The van der Waals surface area contributed by atoms with E-state index >= 15 is 0 Å². The molecule has 1 saturated heterocycles. The van der Waals surface area contributed by atoms with Crippen molar-refractivity contribution in [2.45, 2.75) is 59.0 Å². The SMILES string of the molecule is Cc1cc(C(C)(C)C)cc(C)c1CN1C(=O)NC(C)(c2ccccc2Cl)C1=O. The molecule has 0 bridgehead atoms. The number of nitrogens with one attached hydrogen (secondary N) is 1. The Balaban J connectivity index is 1.95. The molecule has 4 nitrogen and oxygen atoms in total. The van der Waals surface area contributed by atoms with Gasteiger partial charge < -0.3 is 5.32 Å². The van der Waals surface area contributed by atoms with Crippen molar-refractivity contribution in [2.24, 2.45) is 0 Å². The number of nitrogens with zero attached hydrogens (tertiary/aromatic N) is 1. The van der Waals surface area contributed by atoms with Crippen molar-refractivity contribution in [1.82, 2.24) is 10.2 Å². The van der Waals surface area contributed by atoms with E-state index in [0.717, 1.165) is 16.7 Å². The number of halogens is 1. The first-order valence-corrected chi connectivity index (χ1v) is 9.82. The Labute approximate surface area is 171 Å². The Hall–Kier alpha value is -2.33. The number of amides is 3. The Kier molecular flexibility index (Phi) is 5.05. The molecular formula is C23H27ClN2O2. The lowest BCUT2D eigenvalue weighted by Crippen LogP contribution is -2.41. The summed E-state index contributed by atoms with van der Waals surface area (Å²) < 4.78 is 0. The maximum atomic E-state index is 13.2. The summed E-state index contributed by atoms with van der Waals surface area (Å²) in [5.41, 5.74) is 3.88. The fourth-order valence-electron chi connectivity index (χ4n) is 3.72. The second-order valence-corrected chi connectivity index (χ2v) is 9.17. The third kappa shape index (κ3) is 3.42. The van der Waals surface area contributed by atoms with Gasteiger partial charge in [-0.15, -0.1) is 0 Å². The van der Waals surface area contributed by atoms with Gasteiger partial charge in [0.05, 0.1) is 6.54 Å². The number of imide groups is 1. The number of rotatable bonds is 3. The minimum atomic E-state index is -1.16. The second-order valence-electron chi connectivity index (χ2n) is 8.76.